The number of anilines is 1. The number of nitrogens with zero attached hydrogens (tertiary/aromatic N) is 3. The predicted octanol–water partition coefficient (Wildman–Crippen LogP) is 5.30. The molecule has 2 N–H and O–H groups in total. The molecule has 0 bridgehead atoms. The maximum Gasteiger partial charge on any atom is 0.240 e. The fourth-order valence-corrected chi connectivity index (χ4v) is 4.81. The summed E-state index contributed by atoms with van der Waals surface area (Å²) in [4.78, 5) is 13.3. The van der Waals surface area contributed by atoms with Crippen LogP contribution in [-0.4, -0.2) is 26.0 Å². The largest absolute Gasteiger partial charge is 0.325 e. The second-order valence-corrected chi connectivity index (χ2v) is 9.10. The summed E-state index contributed by atoms with van der Waals surface area (Å²) < 4.78 is 1.86. The lowest BCUT2D eigenvalue weighted by molar-refractivity contribution is -0.116. The average Bonchev–Trinajstić information content (AvgIpc) is 3.24. The van der Waals surface area contributed by atoms with Gasteiger partial charge in [-0.15, -0.1) is 10.2 Å². The van der Waals surface area contributed by atoms with Gasteiger partial charge in [-0.3, -0.25) is 4.79 Å². The Morgan fingerprint density at radius 3 is 2.44 bits per heavy atom. The molecule has 0 spiro atoms. The number of nitrogens with one attached hydrogen (secondary N) is 2. The van der Waals surface area contributed by atoms with Crippen LogP contribution in [0.4, 0.5) is 5.69 Å². The number of amides is 1. The summed E-state index contributed by atoms with van der Waals surface area (Å²) >= 11 is 7.50. The van der Waals surface area contributed by atoms with Crippen LogP contribution in [0.25, 0.3) is 11.4 Å². The van der Waals surface area contributed by atoms with E-state index in [-0.39, 0.29) is 11.9 Å². The minimum atomic E-state index is -0.460. The van der Waals surface area contributed by atoms with E-state index in [1.807, 2.05) is 90.5 Å². The van der Waals surface area contributed by atoms with Crippen molar-refractivity contribution in [3.8, 4) is 11.4 Å². The minimum absolute atomic E-state index is 0.109. The lowest BCUT2D eigenvalue weighted by Crippen LogP contribution is -2.41. The molecule has 2 heterocycles. The van der Waals surface area contributed by atoms with Gasteiger partial charge in [0.05, 0.1) is 6.04 Å². The highest BCUT2D eigenvalue weighted by molar-refractivity contribution is 8.00. The van der Waals surface area contributed by atoms with Crippen LogP contribution in [0.2, 0.25) is 5.02 Å². The predicted molar refractivity (Wildman–Crippen MR) is 128 cm³/mol. The summed E-state index contributed by atoms with van der Waals surface area (Å²) in [6.07, 6.45) is 0. The Bertz CT molecular complexity index is 1240. The summed E-state index contributed by atoms with van der Waals surface area (Å²) in [6.45, 7) is 2.01. The first kappa shape index (κ1) is 20.6. The van der Waals surface area contributed by atoms with E-state index in [0.717, 1.165) is 22.4 Å². The number of hydrogen-bond donors (Lipinski definition) is 2. The molecule has 0 radical (unpaired) electrons. The van der Waals surface area contributed by atoms with Crippen LogP contribution in [0.1, 0.15) is 17.2 Å². The zero-order chi connectivity index (χ0) is 22.1. The highest BCUT2D eigenvalue weighted by atomic mass is 35.5. The van der Waals surface area contributed by atoms with Crippen LogP contribution >= 0.6 is 23.4 Å². The Kier molecular flexibility index (Phi) is 5.59. The molecular weight excluding hydrogens is 442 g/mol. The Hall–Kier alpha value is -3.29. The van der Waals surface area contributed by atoms with Crippen LogP contribution < -0.4 is 10.7 Å². The van der Waals surface area contributed by atoms with Gasteiger partial charge in [0.1, 0.15) is 5.25 Å². The Balaban J connectivity index is 1.50. The second kappa shape index (κ2) is 8.68. The number of fused-ring (bicyclic) bond motifs is 1. The molecule has 32 heavy (non-hydrogen) atoms. The maximum absolute atomic E-state index is 13.3. The summed E-state index contributed by atoms with van der Waals surface area (Å²) in [7, 11) is 0. The van der Waals surface area contributed by atoms with Crippen LogP contribution in [0.3, 0.4) is 0 Å². The standard InChI is InChI=1S/C24H20ClN5OS/c1-15-7-13-19(14-8-15)26-23(31)21-20(16-9-11-18(25)12-10-16)29-30-22(27-28-24(30)32-21)17-5-3-2-4-6-17/h2-14,20-21,29H,1H3,(H,26,31)/t20-,21+/m0/s1. The number of halogens is 1. The van der Waals surface area contributed by atoms with E-state index in [1.54, 1.807) is 0 Å². The highest BCUT2D eigenvalue weighted by Crippen LogP contribution is 2.39. The van der Waals surface area contributed by atoms with Gasteiger partial charge in [0.25, 0.3) is 0 Å². The van der Waals surface area contributed by atoms with E-state index >= 15 is 0 Å². The number of benzene rings is 3. The second-order valence-electron chi connectivity index (χ2n) is 7.56. The smallest absolute Gasteiger partial charge is 0.240 e. The van der Waals surface area contributed by atoms with Crippen molar-refractivity contribution in [3.63, 3.8) is 0 Å². The lowest BCUT2D eigenvalue weighted by atomic mass is 10.0. The molecule has 0 saturated carbocycles. The summed E-state index contributed by atoms with van der Waals surface area (Å²) in [5, 5.41) is 12.6. The van der Waals surface area contributed by atoms with Gasteiger partial charge < -0.3 is 10.7 Å². The van der Waals surface area contributed by atoms with Gasteiger partial charge in [0.2, 0.25) is 11.1 Å². The molecule has 8 heteroatoms. The number of carbonyl (C=O) groups excluding carboxylic acids is 1. The third-order valence-electron chi connectivity index (χ3n) is 5.28. The number of aryl methyl sites for hydroxylation is 1. The molecule has 1 aliphatic rings. The summed E-state index contributed by atoms with van der Waals surface area (Å²) in [6, 6.07) is 24.8. The van der Waals surface area contributed by atoms with Crippen LogP contribution in [0.5, 0.6) is 0 Å². The van der Waals surface area contributed by atoms with Crippen molar-refractivity contribution in [2.75, 3.05) is 10.7 Å². The molecule has 4 aromatic rings. The molecule has 1 aromatic heterocycles. The van der Waals surface area contributed by atoms with Gasteiger partial charge in [-0.25, -0.2) is 4.68 Å². The van der Waals surface area contributed by atoms with Crippen LogP contribution in [0.15, 0.2) is 84.0 Å². The van der Waals surface area contributed by atoms with E-state index in [4.69, 9.17) is 11.6 Å². The molecule has 3 aromatic carbocycles. The Morgan fingerprint density at radius 1 is 1.00 bits per heavy atom. The topological polar surface area (TPSA) is 71.8 Å². The lowest BCUT2D eigenvalue weighted by Gasteiger charge is -2.33. The van der Waals surface area contributed by atoms with E-state index < -0.39 is 5.25 Å². The van der Waals surface area contributed by atoms with Gasteiger partial charge in [-0.1, -0.05) is 83.5 Å². The molecule has 160 valence electrons. The number of thioether (sulfide) groups is 1. The fourth-order valence-electron chi connectivity index (χ4n) is 3.60. The van der Waals surface area contributed by atoms with Crippen molar-refractivity contribution in [3.05, 3.63) is 95.0 Å². The first-order valence-electron chi connectivity index (χ1n) is 10.2. The van der Waals surface area contributed by atoms with Gasteiger partial charge >= 0.3 is 0 Å². The van der Waals surface area contributed by atoms with E-state index in [2.05, 4.69) is 20.9 Å². The normalized spacial score (nSPS) is 17.3. The molecule has 5 rings (SSSR count). The average molecular weight is 462 g/mol. The summed E-state index contributed by atoms with van der Waals surface area (Å²) in [5.74, 6) is 0.589. The summed E-state index contributed by atoms with van der Waals surface area (Å²) in [5.41, 5.74) is 7.26. The van der Waals surface area contributed by atoms with E-state index in [9.17, 15) is 4.79 Å². The Labute approximate surface area is 195 Å². The third kappa shape index (κ3) is 4.09. The molecule has 1 amide bonds. The number of aromatic nitrogens is 3. The van der Waals surface area contributed by atoms with E-state index in [0.29, 0.717) is 16.0 Å². The maximum atomic E-state index is 13.3. The number of carbonyl (C=O) groups is 1. The van der Waals surface area contributed by atoms with Gasteiger partial charge in [-0.2, -0.15) is 0 Å². The molecule has 0 aliphatic carbocycles. The van der Waals surface area contributed by atoms with Crippen molar-refractivity contribution in [2.45, 2.75) is 23.4 Å². The van der Waals surface area contributed by atoms with Crippen molar-refractivity contribution in [1.82, 2.24) is 14.9 Å². The van der Waals surface area contributed by atoms with Crippen LogP contribution in [0, 0.1) is 6.92 Å². The van der Waals surface area contributed by atoms with Gasteiger partial charge in [-0.05, 0) is 36.8 Å². The molecule has 0 saturated heterocycles. The van der Waals surface area contributed by atoms with Crippen molar-refractivity contribution in [1.29, 1.82) is 0 Å². The molecular formula is C24H20ClN5OS. The quantitative estimate of drug-likeness (QED) is 0.431. The van der Waals surface area contributed by atoms with Gasteiger partial charge in [0, 0.05) is 16.3 Å². The third-order valence-corrected chi connectivity index (χ3v) is 6.74. The monoisotopic (exact) mass is 461 g/mol. The molecule has 1 aliphatic heterocycles. The molecule has 6 nitrogen and oxygen atoms in total. The zero-order valence-electron chi connectivity index (χ0n) is 17.2. The zero-order valence-corrected chi connectivity index (χ0v) is 18.8. The highest BCUT2D eigenvalue weighted by Gasteiger charge is 2.38. The first-order chi connectivity index (χ1) is 15.6. The van der Waals surface area contributed by atoms with Crippen LogP contribution in [-0.2, 0) is 4.79 Å². The fraction of sp³-hybridized carbons (Fsp3) is 0.125. The minimum Gasteiger partial charge on any atom is -0.325 e. The first-order valence-corrected chi connectivity index (χ1v) is 11.4. The molecule has 2 atom stereocenters. The number of rotatable bonds is 4. The number of hydrogen-bond acceptors (Lipinski definition) is 5. The SMILES string of the molecule is Cc1ccc(NC(=O)[C@@H]2Sc3nnc(-c4ccccc4)n3N[C@H]2c2ccc(Cl)cc2)cc1. The van der Waals surface area contributed by atoms with Gasteiger partial charge in [0.15, 0.2) is 5.82 Å². The molecule has 0 unspecified atom stereocenters. The van der Waals surface area contributed by atoms with Crippen molar-refractivity contribution in [2.24, 2.45) is 0 Å². The molecule has 0 fully saturated rings. The van der Waals surface area contributed by atoms with Crippen molar-refractivity contribution >= 4 is 35.0 Å². The van der Waals surface area contributed by atoms with E-state index in [1.165, 1.54) is 11.8 Å². The Morgan fingerprint density at radius 2 is 1.72 bits per heavy atom. The van der Waals surface area contributed by atoms with Crippen molar-refractivity contribution < 1.29 is 4.79 Å².